The van der Waals surface area contributed by atoms with Crippen LogP contribution in [0.5, 0.6) is 0 Å². The molecule has 3 heterocycles. The lowest BCUT2D eigenvalue weighted by Crippen LogP contribution is -1.93. The minimum Gasteiger partial charge on any atom is -0.261 e. The maximum absolute atomic E-state index is 4.54. The van der Waals surface area contributed by atoms with E-state index in [1.54, 1.807) is 23.1 Å². The van der Waals surface area contributed by atoms with Crippen LogP contribution in [0.25, 0.3) is 28.6 Å². The molecule has 6 nitrogen and oxygen atoms in total. The predicted molar refractivity (Wildman–Crippen MR) is 89.8 cm³/mol. The van der Waals surface area contributed by atoms with Gasteiger partial charge in [-0.25, -0.2) is 4.98 Å². The SMILES string of the molecule is Cc1ccc(/C=C/c2nn3c(-c4cnccn4)nnc3s2)cc1. The van der Waals surface area contributed by atoms with Gasteiger partial charge in [0.15, 0.2) is 0 Å². The molecule has 3 aromatic heterocycles. The number of hydrogen-bond donors (Lipinski definition) is 0. The van der Waals surface area contributed by atoms with Crippen molar-refractivity contribution in [1.82, 2.24) is 29.8 Å². The van der Waals surface area contributed by atoms with Gasteiger partial charge in [-0.15, -0.1) is 10.2 Å². The van der Waals surface area contributed by atoms with Gasteiger partial charge in [-0.05, 0) is 18.6 Å². The zero-order valence-electron chi connectivity index (χ0n) is 12.3. The Morgan fingerprint density at radius 1 is 1.04 bits per heavy atom. The van der Waals surface area contributed by atoms with E-state index < -0.39 is 0 Å². The fourth-order valence-electron chi connectivity index (χ4n) is 2.12. The molecule has 7 heteroatoms. The third-order valence-electron chi connectivity index (χ3n) is 3.29. The van der Waals surface area contributed by atoms with Crippen LogP contribution in [0.2, 0.25) is 0 Å². The molecule has 0 aliphatic rings. The molecule has 0 unspecified atom stereocenters. The fraction of sp³-hybridized carbons (Fsp3) is 0.0625. The summed E-state index contributed by atoms with van der Waals surface area (Å²) >= 11 is 1.48. The van der Waals surface area contributed by atoms with E-state index >= 15 is 0 Å². The first-order valence-corrected chi connectivity index (χ1v) is 7.85. The first-order chi connectivity index (χ1) is 11.3. The highest BCUT2D eigenvalue weighted by Gasteiger charge is 2.13. The van der Waals surface area contributed by atoms with Gasteiger partial charge in [-0.1, -0.05) is 47.2 Å². The molecular weight excluding hydrogens is 308 g/mol. The first-order valence-electron chi connectivity index (χ1n) is 7.03. The molecule has 0 saturated heterocycles. The normalized spacial score (nSPS) is 11.5. The Bertz CT molecular complexity index is 969. The quantitative estimate of drug-likeness (QED) is 0.580. The molecule has 0 saturated carbocycles. The second-order valence-corrected chi connectivity index (χ2v) is 5.98. The molecule has 1 aromatic carbocycles. The van der Waals surface area contributed by atoms with Gasteiger partial charge in [0.05, 0.1) is 6.20 Å². The Hall–Kier alpha value is -2.93. The predicted octanol–water partition coefficient (Wildman–Crippen LogP) is 3.12. The minimum absolute atomic E-state index is 0.597. The van der Waals surface area contributed by atoms with Crippen LogP contribution in [0.15, 0.2) is 42.9 Å². The van der Waals surface area contributed by atoms with Crippen molar-refractivity contribution in [1.29, 1.82) is 0 Å². The van der Waals surface area contributed by atoms with Crippen LogP contribution in [0.3, 0.4) is 0 Å². The summed E-state index contributed by atoms with van der Waals surface area (Å²) in [5.41, 5.74) is 3.03. The molecule has 0 N–H and O–H groups in total. The molecule has 0 fully saturated rings. The van der Waals surface area contributed by atoms with Crippen molar-refractivity contribution < 1.29 is 0 Å². The fourth-order valence-corrected chi connectivity index (χ4v) is 2.86. The Kier molecular flexibility index (Phi) is 3.39. The van der Waals surface area contributed by atoms with E-state index in [-0.39, 0.29) is 0 Å². The van der Waals surface area contributed by atoms with E-state index in [0.29, 0.717) is 11.5 Å². The van der Waals surface area contributed by atoms with Crippen molar-refractivity contribution in [3.63, 3.8) is 0 Å². The Morgan fingerprint density at radius 2 is 1.91 bits per heavy atom. The van der Waals surface area contributed by atoms with Crippen LogP contribution >= 0.6 is 11.3 Å². The molecular formula is C16H12N6S. The highest BCUT2D eigenvalue weighted by molar-refractivity contribution is 7.17. The van der Waals surface area contributed by atoms with Crippen molar-refractivity contribution >= 4 is 28.4 Å². The maximum atomic E-state index is 4.54. The number of aromatic nitrogens is 6. The summed E-state index contributed by atoms with van der Waals surface area (Å²) in [4.78, 5) is 9.03. The van der Waals surface area contributed by atoms with Gasteiger partial charge in [-0.2, -0.15) is 9.61 Å². The first kappa shape index (κ1) is 13.7. The van der Waals surface area contributed by atoms with E-state index in [9.17, 15) is 0 Å². The summed E-state index contributed by atoms with van der Waals surface area (Å²) in [6.07, 6.45) is 8.91. The summed E-state index contributed by atoms with van der Waals surface area (Å²) in [5.74, 6) is 0.597. The highest BCUT2D eigenvalue weighted by Crippen LogP contribution is 2.21. The maximum Gasteiger partial charge on any atom is 0.235 e. The van der Waals surface area contributed by atoms with Crippen molar-refractivity contribution in [3.8, 4) is 11.5 Å². The van der Waals surface area contributed by atoms with Crippen LogP contribution in [-0.4, -0.2) is 29.8 Å². The summed E-state index contributed by atoms with van der Waals surface area (Å²) in [5, 5.41) is 13.7. The van der Waals surface area contributed by atoms with Crippen LogP contribution in [0.1, 0.15) is 16.1 Å². The molecule has 0 radical (unpaired) electrons. The minimum atomic E-state index is 0.597. The third kappa shape index (κ3) is 2.74. The van der Waals surface area contributed by atoms with E-state index in [0.717, 1.165) is 15.5 Å². The number of nitrogens with zero attached hydrogens (tertiary/aromatic N) is 6. The Balaban J connectivity index is 1.67. The smallest absolute Gasteiger partial charge is 0.235 e. The zero-order chi connectivity index (χ0) is 15.6. The molecule has 4 aromatic rings. The largest absolute Gasteiger partial charge is 0.261 e. The summed E-state index contributed by atoms with van der Waals surface area (Å²) in [6.45, 7) is 2.07. The summed E-state index contributed by atoms with van der Waals surface area (Å²) in [7, 11) is 0. The van der Waals surface area contributed by atoms with Gasteiger partial charge < -0.3 is 0 Å². The molecule has 0 bridgehead atoms. The highest BCUT2D eigenvalue weighted by atomic mass is 32.1. The van der Waals surface area contributed by atoms with E-state index in [4.69, 9.17) is 0 Å². The van der Waals surface area contributed by atoms with Gasteiger partial charge in [0.25, 0.3) is 0 Å². The van der Waals surface area contributed by atoms with Crippen LogP contribution in [0, 0.1) is 6.92 Å². The molecule has 0 aliphatic carbocycles. The number of fused-ring (bicyclic) bond motifs is 1. The third-order valence-corrected chi connectivity index (χ3v) is 4.16. The van der Waals surface area contributed by atoms with E-state index in [1.807, 2.05) is 12.2 Å². The van der Waals surface area contributed by atoms with E-state index in [1.165, 1.54) is 16.9 Å². The number of benzene rings is 1. The van der Waals surface area contributed by atoms with Crippen molar-refractivity contribution in [3.05, 3.63) is 59.0 Å². The lowest BCUT2D eigenvalue weighted by Gasteiger charge is -1.94. The van der Waals surface area contributed by atoms with Crippen molar-refractivity contribution in [2.24, 2.45) is 0 Å². The van der Waals surface area contributed by atoms with Gasteiger partial charge in [0, 0.05) is 12.4 Å². The monoisotopic (exact) mass is 320 g/mol. The van der Waals surface area contributed by atoms with Crippen LogP contribution < -0.4 is 0 Å². The van der Waals surface area contributed by atoms with Crippen LogP contribution in [0.4, 0.5) is 0 Å². The molecule has 0 atom stereocenters. The molecule has 0 aliphatic heterocycles. The lowest BCUT2D eigenvalue weighted by molar-refractivity contribution is 0.948. The second-order valence-electron chi connectivity index (χ2n) is 4.99. The molecule has 23 heavy (non-hydrogen) atoms. The van der Waals surface area contributed by atoms with Gasteiger partial charge in [0.2, 0.25) is 10.8 Å². The lowest BCUT2D eigenvalue weighted by atomic mass is 10.1. The van der Waals surface area contributed by atoms with E-state index in [2.05, 4.69) is 56.5 Å². The van der Waals surface area contributed by atoms with Gasteiger partial charge in [0.1, 0.15) is 10.7 Å². The summed E-state index contributed by atoms with van der Waals surface area (Å²) in [6, 6.07) is 8.34. The molecule has 0 amide bonds. The average Bonchev–Trinajstić information content (AvgIpc) is 3.15. The van der Waals surface area contributed by atoms with Gasteiger partial charge >= 0.3 is 0 Å². The Morgan fingerprint density at radius 3 is 2.70 bits per heavy atom. The van der Waals surface area contributed by atoms with Crippen LogP contribution in [-0.2, 0) is 0 Å². The average molecular weight is 320 g/mol. The van der Waals surface area contributed by atoms with Gasteiger partial charge in [-0.3, -0.25) is 4.98 Å². The number of rotatable bonds is 3. The molecule has 4 rings (SSSR count). The molecule has 0 spiro atoms. The standard InChI is InChI=1S/C16H12N6S/c1-11-2-4-12(5-3-11)6-7-14-21-22-15(19-20-16(22)23-14)13-10-17-8-9-18-13/h2-10H,1H3/b7-6+. The van der Waals surface area contributed by atoms with Crippen molar-refractivity contribution in [2.45, 2.75) is 6.92 Å². The summed E-state index contributed by atoms with van der Waals surface area (Å²) < 4.78 is 1.70. The van der Waals surface area contributed by atoms with Crippen molar-refractivity contribution in [2.75, 3.05) is 0 Å². The Labute approximate surface area is 136 Å². The molecule has 112 valence electrons. The number of hydrogen-bond acceptors (Lipinski definition) is 6. The number of aryl methyl sites for hydroxylation is 1. The second kappa shape index (κ2) is 5.69. The topological polar surface area (TPSA) is 68.9 Å². The zero-order valence-corrected chi connectivity index (χ0v) is 13.1.